The molecule has 2 heterocycles. The summed E-state index contributed by atoms with van der Waals surface area (Å²) in [5.41, 5.74) is -0.0879. The van der Waals surface area contributed by atoms with Crippen LogP contribution < -0.4 is 10.2 Å². The average molecular weight is 343 g/mol. The second-order valence-electron chi connectivity index (χ2n) is 4.02. The lowest BCUT2D eigenvalue weighted by Gasteiger charge is -2.04. The smallest absolute Gasteiger partial charge is 0.288 e. The highest BCUT2D eigenvalue weighted by atomic mass is 79.9. The van der Waals surface area contributed by atoms with Gasteiger partial charge < -0.3 is 14.7 Å². The summed E-state index contributed by atoms with van der Waals surface area (Å²) in [5.74, 6) is 1.32. The monoisotopic (exact) mass is 342 g/mol. The van der Waals surface area contributed by atoms with Gasteiger partial charge in [-0.15, -0.1) is 0 Å². The molecule has 2 aromatic rings. The Morgan fingerprint density at radius 2 is 2.30 bits per heavy atom. The van der Waals surface area contributed by atoms with Crippen molar-refractivity contribution in [2.24, 2.45) is 0 Å². The Balaban J connectivity index is 2.05. The Kier molecular flexibility index (Phi) is 4.13. The van der Waals surface area contributed by atoms with E-state index in [2.05, 4.69) is 36.4 Å². The molecule has 0 bridgehead atoms. The van der Waals surface area contributed by atoms with E-state index < -0.39 is 4.92 Å². The Morgan fingerprint density at radius 1 is 1.55 bits per heavy atom. The van der Waals surface area contributed by atoms with E-state index in [0.717, 1.165) is 0 Å². The highest BCUT2D eigenvalue weighted by molar-refractivity contribution is 9.10. The van der Waals surface area contributed by atoms with Gasteiger partial charge in [0.15, 0.2) is 0 Å². The van der Waals surface area contributed by atoms with Gasteiger partial charge in [-0.05, 0) is 21.1 Å². The van der Waals surface area contributed by atoms with Crippen molar-refractivity contribution in [3.05, 3.63) is 32.7 Å². The summed E-state index contributed by atoms with van der Waals surface area (Å²) >= 11 is 3.21. The molecule has 0 aliphatic rings. The van der Waals surface area contributed by atoms with Crippen LogP contribution >= 0.6 is 15.9 Å². The second-order valence-corrected chi connectivity index (χ2v) is 4.87. The molecule has 2 rings (SSSR count). The zero-order chi connectivity index (χ0) is 14.7. The first-order valence-corrected chi connectivity index (χ1v) is 6.30. The molecule has 10 heteroatoms. The first-order chi connectivity index (χ1) is 9.47. The molecule has 20 heavy (non-hydrogen) atoms. The number of aromatic nitrogens is 3. The van der Waals surface area contributed by atoms with Crippen LogP contribution in [0.25, 0.3) is 0 Å². The molecule has 0 saturated carbocycles. The van der Waals surface area contributed by atoms with Crippen molar-refractivity contribution < 1.29 is 9.45 Å². The number of halogens is 1. The summed E-state index contributed by atoms with van der Waals surface area (Å²) in [6.45, 7) is 0.268. The minimum Gasteiger partial charge on any atom is -0.360 e. The van der Waals surface area contributed by atoms with Crippen molar-refractivity contribution in [3.63, 3.8) is 0 Å². The molecule has 0 fully saturated rings. The quantitative estimate of drug-likeness (QED) is 0.646. The molecule has 0 saturated heterocycles. The molecular formula is C10H11BrN6O3. The summed E-state index contributed by atoms with van der Waals surface area (Å²) in [7, 11) is 3.60. The topological polar surface area (TPSA) is 110 Å². The Labute approximate surface area is 122 Å². The summed E-state index contributed by atoms with van der Waals surface area (Å²) in [6.07, 6.45) is 1.17. The molecule has 106 valence electrons. The molecule has 0 radical (unpaired) electrons. The molecule has 0 aliphatic carbocycles. The lowest BCUT2D eigenvalue weighted by molar-refractivity contribution is -0.385. The lowest BCUT2D eigenvalue weighted by Crippen LogP contribution is -2.10. The number of hydrogen-bond acceptors (Lipinski definition) is 8. The fourth-order valence-electron chi connectivity index (χ4n) is 1.32. The number of nitrogens with one attached hydrogen (secondary N) is 1. The Bertz CT molecular complexity index is 629. The SMILES string of the molecule is CN(C)c1noc(CNc2ncc([N+](=O)[O-])cc2Br)n1. The third-order valence-corrected chi connectivity index (χ3v) is 2.91. The van der Waals surface area contributed by atoms with E-state index >= 15 is 0 Å². The minimum absolute atomic E-state index is 0.0879. The number of pyridine rings is 1. The maximum absolute atomic E-state index is 10.6. The van der Waals surface area contributed by atoms with Crippen LogP contribution in [0.2, 0.25) is 0 Å². The van der Waals surface area contributed by atoms with Gasteiger partial charge in [0.1, 0.15) is 12.0 Å². The van der Waals surface area contributed by atoms with Gasteiger partial charge in [0.05, 0.1) is 15.9 Å². The maximum Gasteiger partial charge on any atom is 0.288 e. The molecule has 9 nitrogen and oxygen atoms in total. The molecule has 0 amide bonds. The van der Waals surface area contributed by atoms with Crippen molar-refractivity contribution in [1.29, 1.82) is 0 Å². The van der Waals surface area contributed by atoms with Crippen LogP contribution in [0.4, 0.5) is 17.5 Å². The molecule has 0 aliphatic heterocycles. The second kappa shape index (κ2) is 5.82. The number of nitro groups is 1. The molecule has 0 unspecified atom stereocenters. The van der Waals surface area contributed by atoms with Gasteiger partial charge in [-0.25, -0.2) is 4.98 Å². The van der Waals surface area contributed by atoms with Crippen molar-refractivity contribution >= 4 is 33.4 Å². The summed E-state index contributed by atoms with van der Waals surface area (Å²) in [4.78, 5) is 19.9. The van der Waals surface area contributed by atoms with Crippen LogP contribution in [0.5, 0.6) is 0 Å². The molecule has 0 atom stereocenters. The Hall–Kier alpha value is -2.23. The average Bonchev–Trinajstić information content (AvgIpc) is 2.86. The maximum atomic E-state index is 10.6. The first-order valence-electron chi connectivity index (χ1n) is 5.51. The van der Waals surface area contributed by atoms with Crippen LogP contribution in [0.1, 0.15) is 5.89 Å². The largest absolute Gasteiger partial charge is 0.360 e. The van der Waals surface area contributed by atoms with Crippen LogP contribution in [0, 0.1) is 10.1 Å². The zero-order valence-electron chi connectivity index (χ0n) is 10.7. The van der Waals surface area contributed by atoms with Crippen molar-refractivity contribution in [2.45, 2.75) is 6.54 Å². The molecular weight excluding hydrogens is 332 g/mol. The van der Waals surface area contributed by atoms with E-state index in [1.807, 2.05) is 0 Å². The molecule has 1 N–H and O–H groups in total. The van der Waals surface area contributed by atoms with Gasteiger partial charge in [0.2, 0.25) is 5.89 Å². The van der Waals surface area contributed by atoms with Gasteiger partial charge in [-0.3, -0.25) is 10.1 Å². The van der Waals surface area contributed by atoms with Crippen LogP contribution in [0.15, 0.2) is 21.3 Å². The number of anilines is 2. The predicted octanol–water partition coefficient (Wildman–Crippen LogP) is 1.81. The number of hydrogen-bond donors (Lipinski definition) is 1. The predicted molar refractivity (Wildman–Crippen MR) is 74.5 cm³/mol. The third kappa shape index (κ3) is 3.20. The van der Waals surface area contributed by atoms with Crippen molar-refractivity contribution in [1.82, 2.24) is 15.1 Å². The highest BCUT2D eigenvalue weighted by Gasteiger charge is 2.12. The minimum atomic E-state index is -0.511. The van der Waals surface area contributed by atoms with Crippen molar-refractivity contribution in [2.75, 3.05) is 24.3 Å². The van der Waals surface area contributed by atoms with Crippen LogP contribution in [-0.4, -0.2) is 34.1 Å². The number of rotatable bonds is 5. The van der Waals surface area contributed by atoms with Gasteiger partial charge in [0.25, 0.3) is 11.6 Å². The van der Waals surface area contributed by atoms with E-state index in [1.54, 1.807) is 19.0 Å². The van der Waals surface area contributed by atoms with Crippen LogP contribution in [0.3, 0.4) is 0 Å². The van der Waals surface area contributed by atoms with E-state index in [9.17, 15) is 10.1 Å². The van der Waals surface area contributed by atoms with Gasteiger partial charge >= 0.3 is 0 Å². The first kappa shape index (κ1) is 14.2. The third-order valence-electron chi connectivity index (χ3n) is 2.30. The fourth-order valence-corrected chi connectivity index (χ4v) is 1.79. The van der Waals surface area contributed by atoms with Crippen LogP contribution in [-0.2, 0) is 6.54 Å². The standard InChI is InChI=1S/C10H11BrN6O3/c1-16(2)10-14-8(20-15-10)5-13-9-7(11)3-6(4-12-9)17(18)19/h3-4H,5H2,1-2H3,(H,12,13). The van der Waals surface area contributed by atoms with E-state index in [1.165, 1.54) is 12.3 Å². The molecule has 0 aromatic carbocycles. The van der Waals surface area contributed by atoms with Gasteiger partial charge in [-0.2, -0.15) is 4.98 Å². The zero-order valence-corrected chi connectivity index (χ0v) is 12.3. The van der Waals surface area contributed by atoms with Gasteiger partial charge in [-0.1, -0.05) is 0 Å². The molecule has 2 aromatic heterocycles. The van der Waals surface area contributed by atoms with E-state index in [0.29, 0.717) is 22.1 Å². The van der Waals surface area contributed by atoms with Crippen molar-refractivity contribution in [3.8, 4) is 0 Å². The lowest BCUT2D eigenvalue weighted by atomic mass is 10.4. The van der Waals surface area contributed by atoms with Gasteiger partial charge in [0, 0.05) is 20.2 Å². The fraction of sp³-hybridized carbons (Fsp3) is 0.300. The summed E-state index contributed by atoms with van der Waals surface area (Å²) in [5, 5.41) is 17.3. The highest BCUT2D eigenvalue weighted by Crippen LogP contribution is 2.24. The summed E-state index contributed by atoms with van der Waals surface area (Å²) in [6, 6.07) is 1.37. The van der Waals surface area contributed by atoms with E-state index in [4.69, 9.17) is 4.52 Å². The van der Waals surface area contributed by atoms with E-state index in [-0.39, 0.29) is 12.2 Å². The summed E-state index contributed by atoms with van der Waals surface area (Å²) < 4.78 is 5.52. The Morgan fingerprint density at radius 3 is 2.85 bits per heavy atom. The number of nitrogens with zero attached hydrogens (tertiary/aromatic N) is 5. The normalized spacial score (nSPS) is 10.3. The molecule has 0 spiro atoms.